The van der Waals surface area contributed by atoms with Gasteiger partial charge in [-0.1, -0.05) is 25.6 Å². The highest BCUT2D eigenvalue weighted by atomic mass is 32.2. The van der Waals surface area contributed by atoms with Crippen LogP contribution in [0.25, 0.3) is 0 Å². The highest BCUT2D eigenvalue weighted by Crippen LogP contribution is 2.31. The van der Waals surface area contributed by atoms with E-state index in [0.29, 0.717) is 29.4 Å². The molecule has 6 heteroatoms. The Kier molecular flexibility index (Phi) is 6.64. The molecule has 0 saturated heterocycles. The van der Waals surface area contributed by atoms with Gasteiger partial charge in [0.05, 0.1) is 18.3 Å². The van der Waals surface area contributed by atoms with Gasteiger partial charge in [0.15, 0.2) is 5.16 Å². The zero-order valence-corrected chi connectivity index (χ0v) is 14.3. The topological polar surface area (TPSA) is 61.3 Å². The number of nitrogens with zero attached hydrogens (tertiary/aromatic N) is 2. The summed E-state index contributed by atoms with van der Waals surface area (Å²) in [5.41, 5.74) is 0.377. The lowest BCUT2D eigenvalue weighted by Gasteiger charge is -2.31. The molecular weight excluding hydrogens is 300 g/mol. The van der Waals surface area contributed by atoms with Crippen molar-refractivity contribution >= 4 is 17.7 Å². The van der Waals surface area contributed by atoms with E-state index in [2.05, 4.69) is 23.8 Å². The minimum atomic E-state index is -0.388. The fourth-order valence-electron chi connectivity index (χ4n) is 2.90. The van der Waals surface area contributed by atoms with Gasteiger partial charge in [-0.2, -0.15) is 0 Å². The van der Waals surface area contributed by atoms with E-state index in [4.69, 9.17) is 9.47 Å². The number of esters is 1. The van der Waals surface area contributed by atoms with Gasteiger partial charge in [-0.05, 0) is 38.0 Å². The van der Waals surface area contributed by atoms with Crippen molar-refractivity contribution in [2.75, 3.05) is 12.5 Å². The second kappa shape index (κ2) is 8.48. The summed E-state index contributed by atoms with van der Waals surface area (Å²) < 4.78 is 10.8. The number of rotatable bonds is 6. The molecule has 2 atom stereocenters. The fourth-order valence-corrected chi connectivity index (χ4v) is 3.52. The monoisotopic (exact) mass is 324 g/mol. The molecule has 2 rings (SSSR count). The van der Waals surface area contributed by atoms with E-state index in [1.165, 1.54) is 30.6 Å². The Labute approximate surface area is 136 Å². The summed E-state index contributed by atoms with van der Waals surface area (Å²) in [7, 11) is 0. The first-order valence-electron chi connectivity index (χ1n) is 7.82. The standard InChI is InChI=1S/C16H24N2O3S/c1-4-20-15(19)13-8-17-16(18-9-13)22-10-21-14-6-11(2)5-12(3)7-14/h8-9,11-12,14H,4-7,10H2,1-3H3. The van der Waals surface area contributed by atoms with E-state index in [1.807, 2.05) is 0 Å². The zero-order chi connectivity index (χ0) is 15.9. The van der Waals surface area contributed by atoms with Crippen LogP contribution in [0.2, 0.25) is 0 Å². The average Bonchev–Trinajstić information content (AvgIpc) is 2.47. The number of hydrogen-bond acceptors (Lipinski definition) is 6. The molecule has 0 spiro atoms. The Morgan fingerprint density at radius 1 is 1.23 bits per heavy atom. The van der Waals surface area contributed by atoms with Crippen LogP contribution in [0, 0.1) is 11.8 Å². The van der Waals surface area contributed by atoms with Crippen LogP contribution in [0.3, 0.4) is 0 Å². The molecule has 1 aromatic heterocycles. The SMILES string of the molecule is CCOC(=O)c1cnc(SCOC2CC(C)CC(C)C2)nc1. The van der Waals surface area contributed by atoms with Crippen molar-refractivity contribution < 1.29 is 14.3 Å². The van der Waals surface area contributed by atoms with Crippen molar-refractivity contribution in [2.24, 2.45) is 11.8 Å². The summed E-state index contributed by atoms with van der Waals surface area (Å²) in [4.78, 5) is 19.8. The van der Waals surface area contributed by atoms with Crippen LogP contribution in [0.4, 0.5) is 0 Å². The fraction of sp³-hybridized carbons (Fsp3) is 0.688. The van der Waals surface area contributed by atoms with Crippen LogP contribution in [-0.2, 0) is 9.47 Å². The van der Waals surface area contributed by atoms with Gasteiger partial charge in [0.25, 0.3) is 0 Å². The Bertz CT molecular complexity index is 471. The summed E-state index contributed by atoms with van der Waals surface area (Å²) in [5, 5.41) is 0.616. The maximum Gasteiger partial charge on any atom is 0.341 e. The van der Waals surface area contributed by atoms with E-state index in [9.17, 15) is 4.79 Å². The molecule has 1 aromatic rings. The van der Waals surface area contributed by atoms with Crippen molar-refractivity contribution in [3.8, 4) is 0 Å². The predicted octanol–water partition coefficient (Wildman–Crippen LogP) is 3.54. The van der Waals surface area contributed by atoms with Crippen molar-refractivity contribution in [3.05, 3.63) is 18.0 Å². The molecule has 1 aliphatic rings. The molecule has 0 radical (unpaired) electrons. The molecule has 2 unspecified atom stereocenters. The number of ether oxygens (including phenoxy) is 2. The van der Waals surface area contributed by atoms with Crippen LogP contribution < -0.4 is 0 Å². The van der Waals surface area contributed by atoms with Gasteiger partial charge in [0.2, 0.25) is 0 Å². The summed E-state index contributed by atoms with van der Waals surface area (Å²) in [6.45, 7) is 6.70. The van der Waals surface area contributed by atoms with E-state index in [-0.39, 0.29) is 5.97 Å². The normalized spacial score (nSPS) is 25.0. The maximum absolute atomic E-state index is 11.5. The molecule has 0 N–H and O–H groups in total. The smallest absolute Gasteiger partial charge is 0.341 e. The first kappa shape index (κ1) is 17.2. The highest BCUT2D eigenvalue weighted by molar-refractivity contribution is 7.99. The van der Waals surface area contributed by atoms with Crippen molar-refractivity contribution in [3.63, 3.8) is 0 Å². The predicted molar refractivity (Wildman–Crippen MR) is 85.8 cm³/mol. The minimum Gasteiger partial charge on any atom is -0.462 e. The Hall–Kier alpha value is -1.14. The summed E-state index contributed by atoms with van der Waals surface area (Å²) >= 11 is 1.45. The summed E-state index contributed by atoms with van der Waals surface area (Å²) in [6.07, 6.45) is 6.90. The molecule has 0 aliphatic heterocycles. The third-order valence-electron chi connectivity index (χ3n) is 3.77. The van der Waals surface area contributed by atoms with Crippen LogP contribution in [0.5, 0.6) is 0 Å². The van der Waals surface area contributed by atoms with Gasteiger partial charge in [-0.15, -0.1) is 0 Å². The van der Waals surface area contributed by atoms with Gasteiger partial charge in [0, 0.05) is 12.4 Å². The lowest BCUT2D eigenvalue weighted by molar-refractivity contribution is 0.0268. The number of aromatic nitrogens is 2. The molecule has 1 saturated carbocycles. The second-order valence-electron chi connectivity index (χ2n) is 5.94. The number of hydrogen-bond donors (Lipinski definition) is 0. The van der Waals surface area contributed by atoms with Crippen molar-refractivity contribution in [2.45, 2.75) is 51.3 Å². The average molecular weight is 324 g/mol. The molecule has 1 aliphatic carbocycles. The molecule has 0 amide bonds. The maximum atomic E-state index is 11.5. The van der Waals surface area contributed by atoms with E-state index >= 15 is 0 Å². The largest absolute Gasteiger partial charge is 0.462 e. The molecule has 5 nitrogen and oxygen atoms in total. The van der Waals surface area contributed by atoms with Gasteiger partial charge >= 0.3 is 5.97 Å². The van der Waals surface area contributed by atoms with Crippen molar-refractivity contribution in [1.82, 2.24) is 9.97 Å². The third-order valence-corrected chi connectivity index (χ3v) is 4.49. The molecular formula is C16H24N2O3S. The van der Waals surface area contributed by atoms with Crippen LogP contribution in [0.1, 0.15) is 50.4 Å². The van der Waals surface area contributed by atoms with E-state index < -0.39 is 0 Å². The summed E-state index contributed by atoms with van der Waals surface area (Å²) in [6, 6.07) is 0. The first-order valence-corrected chi connectivity index (χ1v) is 8.80. The molecule has 22 heavy (non-hydrogen) atoms. The number of carbonyl (C=O) groups is 1. The molecule has 1 heterocycles. The summed E-state index contributed by atoms with van der Waals surface area (Å²) in [5.74, 6) is 1.63. The highest BCUT2D eigenvalue weighted by Gasteiger charge is 2.24. The minimum absolute atomic E-state index is 0.338. The second-order valence-corrected chi connectivity index (χ2v) is 6.83. The molecule has 122 valence electrons. The Morgan fingerprint density at radius 3 is 2.45 bits per heavy atom. The van der Waals surface area contributed by atoms with Gasteiger partial charge in [-0.3, -0.25) is 0 Å². The lowest BCUT2D eigenvalue weighted by Crippen LogP contribution is -2.26. The van der Waals surface area contributed by atoms with Gasteiger partial charge in [0.1, 0.15) is 5.94 Å². The van der Waals surface area contributed by atoms with E-state index in [0.717, 1.165) is 24.7 Å². The Morgan fingerprint density at radius 2 is 1.86 bits per heavy atom. The first-order chi connectivity index (χ1) is 10.6. The lowest BCUT2D eigenvalue weighted by atomic mass is 9.82. The van der Waals surface area contributed by atoms with Crippen molar-refractivity contribution in [1.29, 1.82) is 0 Å². The van der Waals surface area contributed by atoms with E-state index in [1.54, 1.807) is 6.92 Å². The number of thioether (sulfide) groups is 1. The van der Waals surface area contributed by atoms with Gasteiger partial charge in [-0.25, -0.2) is 14.8 Å². The zero-order valence-electron chi connectivity index (χ0n) is 13.4. The molecule has 0 aromatic carbocycles. The number of carbonyl (C=O) groups excluding carboxylic acids is 1. The van der Waals surface area contributed by atoms with Crippen LogP contribution >= 0.6 is 11.8 Å². The molecule has 1 fully saturated rings. The molecule has 0 bridgehead atoms. The van der Waals surface area contributed by atoms with Gasteiger partial charge < -0.3 is 9.47 Å². The quantitative estimate of drug-likeness (QED) is 0.345. The van der Waals surface area contributed by atoms with Crippen LogP contribution in [0.15, 0.2) is 17.6 Å². The Balaban J connectivity index is 1.76. The third kappa shape index (κ3) is 5.25. The van der Waals surface area contributed by atoms with Crippen LogP contribution in [-0.4, -0.2) is 34.6 Å².